The summed E-state index contributed by atoms with van der Waals surface area (Å²) in [7, 11) is 0. The molecule has 0 aromatic rings. The molecule has 0 spiro atoms. The van der Waals surface area contributed by atoms with Crippen LogP contribution in [-0.2, 0) is 23.9 Å². The van der Waals surface area contributed by atoms with Crippen LogP contribution < -0.4 is 0 Å². The summed E-state index contributed by atoms with van der Waals surface area (Å²) >= 11 is 0. The first-order valence-corrected chi connectivity index (χ1v) is 15.9. The summed E-state index contributed by atoms with van der Waals surface area (Å²) in [5, 5.41) is 0. The predicted octanol–water partition coefficient (Wildman–Crippen LogP) is 7.40. The second kappa shape index (κ2) is 9.31. The lowest BCUT2D eigenvalue weighted by molar-refractivity contribution is -0.253. The molecule has 5 aliphatic carbocycles. The third kappa shape index (κ3) is 4.01. The second-order valence-electron chi connectivity index (χ2n) is 16.2. The molecule has 0 bridgehead atoms. The van der Waals surface area contributed by atoms with Crippen LogP contribution in [0.1, 0.15) is 120 Å². The topological polar surface area (TPSA) is 69.7 Å². The molecule has 0 heterocycles. The molecular formula is C34H54O5. The Kier molecular flexibility index (Phi) is 6.95. The molecule has 0 radical (unpaired) electrons. The van der Waals surface area contributed by atoms with Crippen LogP contribution in [0.3, 0.4) is 0 Å². The molecule has 0 unspecified atom stereocenters. The monoisotopic (exact) mass is 542 g/mol. The summed E-state index contributed by atoms with van der Waals surface area (Å²) in [6, 6.07) is 0. The molecule has 0 saturated heterocycles. The third-order valence-electron chi connectivity index (χ3n) is 14.0. The van der Waals surface area contributed by atoms with Crippen LogP contribution in [0.2, 0.25) is 0 Å². The van der Waals surface area contributed by atoms with Crippen LogP contribution in [0.25, 0.3) is 0 Å². The van der Waals surface area contributed by atoms with Gasteiger partial charge in [-0.25, -0.2) is 0 Å². The number of fused-ring (bicyclic) bond motifs is 7. The van der Waals surface area contributed by atoms with Crippen molar-refractivity contribution in [3.63, 3.8) is 0 Å². The number of esters is 2. The van der Waals surface area contributed by atoms with Crippen molar-refractivity contribution in [2.24, 2.45) is 62.6 Å². The van der Waals surface area contributed by atoms with Crippen LogP contribution in [0, 0.1) is 62.6 Å². The van der Waals surface area contributed by atoms with Gasteiger partial charge in [0, 0.05) is 37.0 Å². The minimum absolute atomic E-state index is 0.00256. The quantitative estimate of drug-likeness (QED) is 0.346. The van der Waals surface area contributed by atoms with Gasteiger partial charge in [-0.15, -0.1) is 0 Å². The zero-order valence-corrected chi connectivity index (χ0v) is 26.2. The molecule has 5 heteroatoms. The minimum atomic E-state index is -0.231. The van der Waals surface area contributed by atoms with Gasteiger partial charge in [-0.3, -0.25) is 14.4 Å². The zero-order valence-electron chi connectivity index (χ0n) is 26.2. The molecular weight excluding hydrogens is 488 g/mol. The van der Waals surface area contributed by atoms with E-state index in [0.29, 0.717) is 48.4 Å². The van der Waals surface area contributed by atoms with Gasteiger partial charge in [-0.05, 0) is 97.2 Å². The van der Waals surface area contributed by atoms with E-state index in [1.807, 2.05) is 0 Å². The highest BCUT2D eigenvalue weighted by Gasteiger charge is 2.72. The Bertz CT molecular complexity index is 1030. The summed E-state index contributed by atoms with van der Waals surface area (Å²) in [5.74, 6) is 2.31. The summed E-state index contributed by atoms with van der Waals surface area (Å²) in [4.78, 5) is 37.5. The highest BCUT2D eigenvalue weighted by atomic mass is 16.5. The number of rotatable bonds is 4. The average Bonchev–Trinajstić information content (AvgIpc) is 3.12. The van der Waals surface area contributed by atoms with Crippen LogP contribution in [-0.4, -0.2) is 30.4 Å². The summed E-state index contributed by atoms with van der Waals surface area (Å²) in [6.07, 6.45) is 9.47. The van der Waals surface area contributed by atoms with E-state index in [2.05, 4.69) is 48.5 Å². The average molecular weight is 543 g/mol. The van der Waals surface area contributed by atoms with Gasteiger partial charge < -0.3 is 9.47 Å². The summed E-state index contributed by atoms with van der Waals surface area (Å²) in [5.41, 5.74) is 0.339. The molecule has 39 heavy (non-hydrogen) atoms. The van der Waals surface area contributed by atoms with Crippen molar-refractivity contribution in [2.75, 3.05) is 6.61 Å². The molecule has 5 rings (SSSR count). The first-order valence-electron chi connectivity index (χ1n) is 15.9. The fourth-order valence-electron chi connectivity index (χ4n) is 12.3. The maximum Gasteiger partial charge on any atom is 0.302 e. The number of hydrogen-bond acceptors (Lipinski definition) is 5. The normalized spacial score (nSPS) is 48.4. The number of carbonyl (C=O) groups is 3. The van der Waals surface area contributed by atoms with Crippen molar-refractivity contribution >= 4 is 17.7 Å². The van der Waals surface area contributed by atoms with Crippen molar-refractivity contribution < 1.29 is 23.9 Å². The maximum absolute atomic E-state index is 13.6. The third-order valence-corrected chi connectivity index (χ3v) is 14.0. The van der Waals surface area contributed by atoms with Crippen molar-refractivity contribution in [3.05, 3.63) is 0 Å². The molecule has 5 aliphatic rings. The Morgan fingerprint density at radius 1 is 0.846 bits per heavy atom. The molecule has 0 N–H and O–H groups in total. The number of ketones is 1. The molecule has 10 atom stereocenters. The van der Waals surface area contributed by atoms with Gasteiger partial charge in [0.15, 0.2) is 0 Å². The number of ether oxygens (including phenoxy) is 2. The van der Waals surface area contributed by atoms with E-state index in [1.54, 1.807) is 6.92 Å². The number of Topliss-reactive ketones (excluding diaryl/α,β-unsaturated/α-hetero) is 1. The Morgan fingerprint density at radius 3 is 2.15 bits per heavy atom. The van der Waals surface area contributed by atoms with Crippen molar-refractivity contribution in [2.45, 2.75) is 126 Å². The van der Waals surface area contributed by atoms with E-state index in [9.17, 15) is 14.4 Å². The smallest absolute Gasteiger partial charge is 0.302 e. The van der Waals surface area contributed by atoms with Gasteiger partial charge in [0.2, 0.25) is 0 Å². The molecule has 5 fully saturated rings. The van der Waals surface area contributed by atoms with E-state index >= 15 is 0 Å². The molecule has 0 amide bonds. The first-order chi connectivity index (χ1) is 18.0. The van der Waals surface area contributed by atoms with E-state index in [-0.39, 0.29) is 51.0 Å². The van der Waals surface area contributed by atoms with Crippen molar-refractivity contribution in [1.29, 1.82) is 0 Å². The fourth-order valence-corrected chi connectivity index (χ4v) is 12.3. The van der Waals surface area contributed by atoms with Gasteiger partial charge in [-0.1, -0.05) is 48.5 Å². The van der Waals surface area contributed by atoms with E-state index in [0.717, 1.165) is 32.1 Å². The maximum atomic E-state index is 13.6. The number of carbonyl (C=O) groups excluding carboxylic acids is 3. The Hall–Kier alpha value is -1.39. The lowest BCUT2D eigenvalue weighted by atomic mass is 9.32. The zero-order chi connectivity index (χ0) is 28.8. The van der Waals surface area contributed by atoms with Crippen LogP contribution in [0.15, 0.2) is 0 Å². The van der Waals surface area contributed by atoms with Crippen molar-refractivity contribution in [3.8, 4) is 0 Å². The Balaban J connectivity index is 1.51. The highest BCUT2D eigenvalue weighted by molar-refractivity contribution is 5.85. The molecule has 0 aliphatic heterocycles. The standard InChI is InChI=1S/C34H54O5/c1-20(2)28-24(37)18-34(19-38-21(3)35)17-16-32(8)23(29(28)34)10-11-26-31(7)14-13-27(39-22(4)36)30(5,6)25(31)12-15-33(26,32)9/h20,23,25-29H,10-19H2,1-9H3/t23-,25+,26-,27+,28-,29+,31+,32-,33-,34+/m1/s1. The van der Waals surface area contributed by atoms with Crippen molar-refractivity contribution in [1.82, 2.24) is 0 Å². The van der Waals surface area contributed by atoms with Gasteiger partial charge in [0.05, 0.1) is 6.61 Å². The molecule has 0 aromatic carbocycles. The van der Waals surface area contributed by atoms with Crippen LogP contribution in [0.5, 0.6) is 0 Å². The number of hydrogen-bond donors (Lipinski definition) is 0. The van der Waals surface area contributed by atoms with Gasteiger partial charge >= 0.3 is 11.9 Å². The SMILES string of the molecule is CC(=O)OC[C@@]12CC[C@]3(C)[C@H](CC[C@@H]4[C@@]5(C)CC[C@H](OC(C)=O)C(C)(C)[C@@H]5CC[C@]43C)[C@H]1[C@H](C(C)C)C(=O)C2. The first kappa shape index (κ1) is 29.1. The highest BCUT2D eigenvalue weighted by Crippen LogP contribution is 2.77. The van der Waals surface area contributed by atoms with E-state index in [1.165, 1.54) is 26.2 Å². The summed E-state index contributed by atoms with van der Waals surface area (Å²) < 4.78 is 11.6. The predicted molar refractivity (Wildman–Crippen MR) is 152 cm³/mol. The second-order valence-corrected chi connectivity index (χ2v) is 16.2. The van der Waals surface area contributed by atoms with E-state index < -0.39 is 0 Å². The molecule has 220 valence electrons. The minimum Gasteiger partial charge on any atom is -0.465 e. The Labute approximate surface area is 236 Å². The largest absolute Gasteiger partial charge is 0.465 e. The van der Waals surface area contributed by atoms with Crippen LogP contribution in [0.4, 0.5) is 0 Å². The van der Waals surface area contributed by atoms with E-state index in [4.69, 9.17) is 9.47 Å². The Morgan fingerprint density at radius 2 is 1.54 bits per heavy atom. The molecule has 5 nitrogen and oxygen atoms in total. The van der Waals surface area contributed by atoms with Crippen LogP contribution >= 0.6 is 0 Å². The summed E-state index contributed by atoms with van der Waals surface area (Å²) in [6.45, 7) is 20.3. The molecule has 0 aromatic heterocycles. The lowest BCUT2D eigenvalue weighted by Gasteiger charge is -2.73. The lowest BCUT2D eigenvalue weighted by Crippen LogP contribution is -2.67. The van der Waals surface area contributed by atoms with Gasteiger partial charge in [0.25, 0.3) is 0 Å². The van der Waals surface area contributed by atoms with Gasteiger partial charge in [0.1, 0.15) is 11.9 Å². The van der Waals surface area contributed by atoms with Gasteiger partial charge in [-0.2, -0.15) is 0 Å². The molecule has 5 saturated carbocycles. The fraction of sp³-hybridized carbons (Fsp3) is 0.912.